The third kappa shape index (κ3) is 4.50. The molecule has 0 N–H and O–H groups in total. The van der Waals surface area contributed by atoms with Crippen LogP contribution in [0.15, 0.2) is 106 Å². The van der Waals surface area contributed by atoms with E-state index in [-0.39, 0.29) is 5.69 Å². The van der Waals surface area contributed by atoms with Crippen LogP contribution in [-0.2, 0) is 0 Å². The number of aliphatic imine (C=N–C) groups is 1. The highest BCUT2D eigenvalue weighted by molar-refractivity contribution is 7.99. The topological polar surface area (TPSA) is 60.4 Å². The van der Waals surface area contributed by atoms with Gasteiger partial charge in [0.25, 0.3) is 5.69 Å². The number of nitro groups is 1. The number of hydrogen-bond acceptors (Lipinski definition) is 4. The lowest BCUT2D eigenvalue weighted by molar-refractivity contribution is -0.384. The summed E-state index contributed by atoms with van der Waals surface area (Å²) in [5, 5.41) is 10.8. The SMILES string of the molecule is Cc1ccc(C=Nc2ccc(Sc3ccc([N+](=O)[O-])cc3)cc2)n1-c1ccccc1. The van der Waals surface area contributed by atoms with Crippen LogP contribution in [0.25, 0.3) is 5.69 Å². The van der Waals surface area contributed by atoms with Crippen molar-refractivity contribution in [2.75, 3.05) is 0 Å². The van der Waals surface area contributed by atoms with E-state index in [0.717, 1.165) is 32.6 Å². The Hall–Kier alpha value is -3.64. The first-order valence-corrected chi connectivity index (χ1v) is 10.2. The second-order valence-corrected chi connectivity index (χ2v) is 7.82. The maximum atomic E-state index is 10.8. The lowest BCUT2D eigenvalue weighted by Gasteiger charge is -2.09. The molecule has 3 aromatic carbocycles. The molecule has 0 radical (unpaired) electrons. The predicted molar refractivity (Wildman–Crippen MR) is 121 cm³/mol. The van der Waals surface area contributed by atoms with Crippen molar-refractivity contribution in [3.05, 3.63) is 112 Å². The Kier molecular flexibility index (Phi) is 5.77. The highest BCUT2D eigenvalue weighted by atomic mass is 32.2. The normalized spacial score (nSPS) is 11.1. The van der Waals surface area contributed by atoms with Crippen molar-refractivity contribution in [3.8, 4) is 5.69 Å². The Morgan fingerprint density at radius 2 is 1.50 bits per heavy atom. The van der Waals surface area contributed by atoms with Crippen LogP contribution in [0.1, 0.15) is 11.4 Å². The molecule has 30 heavy (non-hydrogen) atoms. The zero-order valence-corrected chi connectivity index (χ0v) is 17.1. The highest BCUT2D eigenvalue weighted by Crippen LogP contribution is 2.30. The number of para-hydroxylation sites is 1. The van der Waals surface area contributed by atoms with Gasteiger partial charge in [-0.3, -0.25) is 15.1 Å². The number of aromatic nitrogens is 1. The Labute approximate surface area is 178 Å². The van der Waals surface area contributed by atoms with E-state index < -0.39 is 4.92 Å². The van der Waals surface area contributed by atoms with Crippen LogP contribution >= 0.6 is 11.8 Å². The number of benzene rings is 3. The van der Waals surface area contributed by atoms with E-state index in [1.54, 1.807) is 23.9 Å². The van der Waals surface area contributed by atoms with Gasteiger partial charge in [0.1, 0.15) is 0 Å². The van der Waals surface area contributed by atoms with Gasteiger partial charge in [-0.15, -0.1) is 0 Å². The molecule has 0 aliphatic heterocycles. The van der Waals surface area contributed by atoms with Crippen LogP contribution in [0.4, 0.5) is 11.4 Å². The van der Waals surface area contributed by atoms with Crippen LogP contribution in [0, 0.1) is 17.0 Å². The molecule has 4 aromatic rings. The largest absolute Gasteiger partial charge is 0.313 e. The molecule has 6 heteroatoms. The molecule has 1 aromatic heterocycles. The molecule has 0 amide bonds. The molecule has 0 saturated carbocycles. The first-order valence-electron chi connectivity index (χ1n) is 9.40. The van der Waals surface area contributed by atoms with Gasteiger partial charge >= 0.3 is 0 Å². The fraction of sp³-hybridized carbons (Fsp3) is 0.0417. The monoisotopic (exact) mass is 413 g/mol. The number of non-ortho nitro benzene ring substituents is 1. The van der Waals surface area contributed by atoms with Crippen molar-refractivity contribution in [2.24, 2.45) is 4.99 Å². The zero-order chi connectivity index (χ0) is 20.9. The quantitative estimate of drug-likeness (QED) is 0.203. The molecule has 1 heterocycles. The summed E-state index contributed by atoms with van der Waals surface area (Å²) >= 11 is 1.56. The third-order valence-corrected chi connectivity index (χ3v) is 5.60. The summed E-state index contributed by atoms with van der Waals surface area (Å²) in [4.78, 5) is 17.0. The van der Waals surface area contributed by atoms with E-state index in [2.05, 4.69) is 40.7 Å². The maximum Gasteiger partial charge on any atom is 0.269 e. The number of nitrogens with zero attached hydrogens (tertiary/aromatic N) is 3. The molecule has 148 valence electrons. The average molecular weight is 414 g/mol. The van der Waals surface area contributed by atoms with Crippen molar-refractivity contribution >= 4 is 29.4 Å². The second-order valence-electron chi connectivity index (χ2n) is 6.68. The minimum Gasteiger partial charge on any atom is -0.313 e. The van der Waals surface area contributed by atoms with E-state index in [1.807, 2.05) is 48.7 Å². The summed E-state index contributed by atoms with van der Waals surface area (Å²) < 4.78 is 2.17. The van der Waals surface area contributed by atoms with Crippen LogP contribution < -0.4 is 0 Å². The van der Waals surface area contributed by atoms with Gasteiger partial charge in [-0.1, -0.05) is 30.0 Å². The first kappa shape index (κ1) is 19.7. The number of aryl methyl sites for hydroxylation is 1. The van der Waals surface area contributed by atoms with Crippen molar-refractivity contribution in [1.82, 2.24) is 4.57 Å². The van der Waals surface area contributed by atoms with Crippen LogP contribution in [0.5, 0.6) is 0 Å². The molecule has 4 rings (SSSR count). The lowest BCUT2D eigenvalue weighted by atomic mass is 10.3. The minimum absolute atomic E-state index is 0.0968. The van der Waals surface area contributed by atoms with Gasteiger partial charge in [-0.05, 0) is 67.6 Å². The minimum atomic E-state index is -0.392. The smallest absolute Gasteiger partial charge is 0.269 e. The Morgan fingerprint density at radius 1 is 0.867 bits per heavy atom. The van der Waals surface area contributed by atoms with E-state index >= 15 is 0 Å². The van der Waals surface area contributed by atoms with E-state index in [0.29, 0.717) is 0 Å². The average Bonchev–Trinajstić information content (AvgIpc) is 3.14. The van der Waals surface area contributed by atoms with Crippen LogP contribution in [0.3, 0.4) is 0 Å². The first-order chi connectivity index (χ1) is 14.6. The molecular weight excluding hydrogens is 394 g/mol. The van der Waals surface area contributed by atoms with Crippen molar-refractivity contribution < 1.29 is 4.92 Å². The summed E-state index contributed by atoms with van der Waals surface area (Å²) in [6.07, 6.45) is 1.87. The summed E-state index contributed by atoms with van der Waals surface area (Å²) in [5.41, 5.74) is 4.23. The molecular formula is C24H19N3O2S. The summed E-state index contributed by atoms with van der Waals surface area (Å²) in [7, 11) is 0. The molecule has 0 spiro atoms. The van der Waals surface area contributed by atoms with Gasteiger partial charge < -0.3 is 4.57 Å². The summed E-state index contributed by atoms with van der Waals surface area (Å²) in [5.74, 6) is 0. The van der Waals surface area contributed by atoms with Gasteiger partial charge in [-0.2, -0.15) is 0 Å². The Morgan fingerprint density at radius 3 is 2.13 bits per heavy atom. The predicted octanol–water partition coefficient (Wildman–Crippen LogP) is 6.60. The van der Waals surface area contributed by atoms with E-state index in [9.17, 15) is 10.1 Å². The van der Waals surface area contributed by atoms with Crippen molar-refractivity contribution in [2.45, 2.75) is 16.7 Å². The zero-order valence-electron chi connectivity index (χ0n) is 16.3. The molecule has 5 nitrogen and oxygen atoms in total. The fourth-order valence-electron chi connectivity index (χ4n) is 3.10. The molecule has 0 fully saturated rings. The van der Waals surface area contributed by atoms with E-state index in [1.165, 1.54) is 12.1 Å². The Bertz CT molecular complexity index is 1180. The molecule has 0 atom stereocenters. The summed E-state index contributed by atoms with van der Waals surface area (Å²) in [6, 6.07) is 28.8. The lowest BCUT2D eigenvalue weighted by Crippen LogP contribution is -2.00. The number of nitro benzene ring substituents is 1. The standard InChI is InChI=1S/C24H19N3O2S/c1-18-7-10-22(26(18)20-5-3-2-4-6-20)17-25-19-8-13-23(14-9-19)30-24-15-11-21(12-16-24)27(28)29/h2-17H,1H3. The molecule has 0 bridgehead atoms. The molecule has 0 aliphatic rings. The number of hydrogen-bond donors (Lipinski definition) is 0. The fourth-order valence-corrected chi connectivity index (χ4v) is 3.92. The van der Waals surface area contributed by atoms with E-state index in [4.69, 9.17) is 0 Å². The van der Waals surface area contributed by atoms with Gasteiger partial charge in [0.05, 0.1) is 22.5 Å². The molecule has 0 unspecified atom stereocenters. The van der Waals surface area contributed by atoms with Crippen LogP contribution in [-0.4, -0.2) is 15.7 Å². The van der Waals surface area contributed by atoms with Crippen molar-refractivity contribution in [1.29, 1.82) is 0 Å². The van der Waals surface area contributed by atoms with Crippen LogP contribution in [0.2, 0.25) is 0 Å². The number of rotatable bonds is 6. The Balaban J connectivity index is 1.48. The van der Waals surface area contributed by atoms with Gasteiger partial charge in [-0.25, -0.2) is 0 Å². The van der Waals surface area contributed by atoms with Crippen molar-refractivity contribution in [3.63, 3.8) is 0 Å². The summed E-state index contributed by atoms with van der Waals surface area (Å²) in [6.45, 7) is 2.08. The molecule has 0 saturated heterocycles. The highest BCUT2D eigenvalue weighted by Gasteiger charge is 2.06. The molecule has 0 aliphatic carbocycles. The third-order valence-electron chi connectivity index (χ3n) is 4.59. The van der Waals surface area contributed by atoms with Gasteiger partial charge in [0.2, 0.25) is 0 Å². The van der Waals surface area contributed by atoms with Gasteiger partial charge in [0, 0.05) is 33.3 Å². The second kappa shape index (κ2) is 8.80. The van der Waals surface area contributed by atoms with Gasteiger partial charge in [0.15, 0.2) is 0 Å². The maximum absolute atomic E-state index is 10.8.